The van der Waals surface area contributed by atoms with Gasteiger partial charge in [-0.05, 0) is 54.9 Å². The maximum Gasteiger partial charge on any atom is 0.318 e. The molecule has 4 atom stereocenters. The van der Waals surface area contributed by atoms with Crippen LogP contribution in [0.4, 0.5) is 4.79 Å². The molecule has 0 radical (unpaired) electrons. The maximum absolute atomic E-state index is 12.9. The van der Waals surface area contributed by atoms with Crippen LogP contribution in [0.3, 0.4) is 0 Å². The average molecular weight is 336 g/mol. The molecule has 3 fully saturated rings. The normalized spacial score (nSPS) is 30.0. The van der Waals surface area contributed by atoms with Crippen LogP contribution in [0.15, 0.2) is 30.5 Å². The van der Waals surface area contributed by atoms with Gasteiger partial charge in [0.1, 0.15) is 0 Å². The van der Waals surface area contributed by atoms with Crippen molar-refractivity contribution in [1.82, 2.24) is 20.5 Å². The molecule has 5 rings (SSSR count). The first-order chi connectivity index (χ1) is 12.2. The van der Waals surface area contributed by atoms with Crippen molar-refractivity contribution in [2.45, 2.75) is 38.4 Å². The SMILES string of the molecule is Cc1ccc2ncccc2c1CNC(=O)N1[C@@H]2CC[C@H]1[C@H]1CNC[C@H]12. The van der Waals surface area contributed by atoms with Crippen molar-refractivity contribution in [2.75, 3.05) is 13.1 Å². The lowest BCUT2D eigenvalue weighted by Crippen LogP contribution is -2.45. The first-order valence-electron chi connectivity index (χ1n) is 9.34. The summed E-state index contributed by atoms with van der Waals surface area (Å²) < 4.78 is 0. The molecule has 0 spiro atoms. The number of hydrogen-bond acceptors (Lipinski definition) is 3. The Morgan fingerprint density at radius 1 is 1.24 bits per heavy atom. The minimum absolute atomic E-state index is 0.113. The summed E-state index contributed by atoms with van der Waals surface area (Å²) >= 11 is 0. The lowest BCUT2D eigenvalue weighted by atomic mass is 9.82. The summed E-state index contributed by atoms with van der Waals surface area (Å²) in [5, 5.41) is 7.84. The van der Waals surface area contributed by atoms with E-state index >= 15 is 0 Å². The predicted molar refractivity (Wildman–Crippen MR) is 97.2 cm³/mol. The molecule has 0 unspecified atom stereocenters. The molecule has 3 aliphatic heterocycles. The van der Waals surface area contributed by atoms with E-state index < -0.39 is 0 Å². The van der Waals surface area contributed by atoms with E-state index in [4.69, 9.17) is 0 Å². The van der Waals surface area contributed by atoms with Crippen LogP contribution >= 0.6 is 0 Å². The van der Waals surface area contributed by atoms with E-state index in [1.165, 1.54) is 11.1 Å². The third-order valence-electron chi connectivity index (χ3n) is 6.55. The summed E-state index contributed by atoms with van der Waals surface area (Å²) in [6, 6.07) is 9.16. The number of pyridine rings is 1. The maximum atomic E-state index is 12.9. The molecule has 4 heterocycles. The van der Waals surface area contributed by atoms with Crippen molar-refractivity contribution < 1.29 is 4.79 Å². The number of hydrogen-bond donors (Lipinski definition) is 2. The van der Waals surface area contributed by atoms with Gasteiger partial charge in [0.05, 0.1) is 5.52 Å². The lowest BCUT2D eigenvalue weighted by molar-refractivity contribution is 0.184. The standard InChI is InChI=1S/C20H24N4O/c1-12-4-5-17-13(3-2-8-22-17)14(12)11-23-20(25)24-18-6-7-19(24)16-10-21-9-15(16)18/h2-5,8,15-16,18-19,21H,6-7,9-11H2,1H3,(H,23,25)/t15-,16+,18-,19+. The van der Waals surface area contributed by atoms with Crippen LogP contribution in [0, 0.1) is 18.8 Å². The fraction of sp³-hybridized carbons (Fsp3) is 0.500. The smallest absolute Gasteiger partial charge is 0.318 e. The van der Waals surface area contributed by atoms with E-state index in [9.17, 15) is 4.79 Å². The zero-order chi connectivity index (χ0) is 17.0. The molecule has 3 aliphatic rings. The van der Waals surface area contributed by atoms with E-state index in [1.54, 1.807) is 0 Å². The Morgan fingerprint density at radius 2 is 2.00 bits per heavy atom. The van der Waals surface area contributed by atoms with Crippen LogP contribution in [-0.4, -0.2) is 41.1 Å². The van der Waals surface area contributed by atoms with E-state index in [2.05, 4.69) is 39.6 Å². The van der Waals surface area contributed by atoms with Crippen molar-refractivity contribution in [3.05, 3.63) is 41.6 Å². The molecular weight excluding hydrogens is 312 g/mol. The number of carbonyl (C=O) groups excluding carboxylic acids is 1. The Hall–Kier alpha value is -2.14. The largest absolute Gasteiger partial charge is 0.334 e. The number of amides is 2. The van der Waals surface area contributed by atoms with Crippen molar-refractivity contribution in [1.29, 1.82) is 0 Å². The van der Waals surface area contributed by atoms with E-state index in [-0.39, 0.29) is 6.03 Å². The highest BCUT2D eigenvalue weighted by Crippen LogP contribution is 2.47. The molecule has 2 amide bonds. The highest BCUT2D eigenvalue weighted by atomic mass is 16.2. The number of nitrogens with one attached hydrogen (secondary N) is 2. The number of aryl methyl sites for hydroxylation is 1. The summed E-state index contributed by atoms with van der Waals surface area (Å²) in [4.78, 5) is 19.5. The number of nitrogens with zero attached hydrogens (tertiary/aromatic N) is 2. The molecule has 3 saturated heterocycles. The second kappa shape index (κ2) is 5.70. The van der Waals surface area contributed by atoms with Gasteiger partial charge in [-0.3, -0.25) is 4.98 Å². The van der Waals surface area contributed by atoms with Crippen LogP contribution in [-0.2, 0) is 6.54 Å². The monoisotopic (exact) mass is 336 g/mol. The molecule has 130 valence electrons. The van der Waals surface area contributed by atoms with E-state index in [0.717, 1.165) is 36.8 Å². The quantitative estimate of drug-likeness (QED) is 0.886. The Morgan fingerprint density at radius 3 is 2.76 bits per heavy atom. The number of aromatic nitrogens is 1. The van der Waals surface area contributed by atoms with Gasteiger partial charge in [-0.15, -0.1) is 0 Å². The molecule has 2 N–H and O–H groups in total. The Balaban J connectivity index is 1.36. The van der Waals surface area contributed by atoms with Gasteiger partial charge in [-0.1, -0.05) is 12.1 Å². The highest BCUT2D eigenvalue weighted by Gasteiger charge is 2.56. The molecule has 1 aromatic heterocycles. The molecule has 2 aromatic rings. The highest BCUT2D eigenvalue weighted by molar-refractivity contribution is 5.84. The third kappa shape index (κ3) is 2.25. The van der Waals surface area contributed by atoms with Crippen molar-refractivity contribution >= 4 is 16.9 Å². The summed E-state index contributed by atoms with van der Waals surface area (Å²) in [5.41, 5.74) is 3.36. The minimum atomic E-state index is 0.113. The average Bonchev–Trinajstić information content (AvgIpc) is 3.32. The van der Waals surface area contributed by atoms with Gasteiger partial charge in [0.15, 0.2) is 0 Å². The topological polar surface area (TPSA) is 57.3 Å². The van der Waals surface area contributed by atoms with Crippen LogP contribution in [0.25, 0.3) is 10.9 Å². The Bertz CT molecular complexity index is 818. The number of fused-ring (bicyclic) bond motifs is 6. The molecule has 5 heteroatoms. The van der Waals surface area contributed by atoms with Gasteiger partial charge in [-0.25, -0.2) is 4.79 Å². The van der Waals surface area contributed by atoms with Crippen molar-refractivity contribution in [3.8, 4) is 0 Å². The van der Waals surface area contributed by atoms with Gasteiger partial charge < -0.3 is 15.5 Å². The lowest BCUT2D eigenvalue weighted by Gasteiger charge is -2.25. The zero-order valence-corrected chi connectivity index (χ0v) is 14.5. The molecule has 25 heavy (non-hydrogen) atoms. The first-order valence-corrected chi connectivity index (χ1v) is 9.34. The van der Waals surface area contributed by atoms with Crippen molar-refractivity contribution in [2.24, 2.45) is 11.8 Å². The molecule has 0 saturated carbocycles. The minimum Gasteiger partial charge on any atom is -0.334 e. The number of carbonyl (C=O) groups is 1. The van der Waals surface area contributed by atoms with E-state index in [1.807, 2.05) is 18.3 Å². The number of benzene rings is 1. The van der Waals surface area contributed by atoms with Crippen molar-refractivity contribution in [3.63, 3.8) is 0 Å². The molecule has 2 bridgehead atoms. The second-order valence-corrected chi connectivity index (χ2v) is 7.70. The van der Waals surface area contributed by atoms with Gasteiger partial charge in [0.25, 0.3) is 0 Å². The van der Waals surface area contributed by atoms with Crippen LogP contribution < -0.4 is 10.6 Å². The molecule has 1 aromatic carbocycles. The molecule has 5 nitrogen and oxygen atoms in total. The van der Waals surface area contributed by atoms with Gasteiger partial charge in [-0.2, -0.15) is 0 Å². The van der Waals surface area contributed by atoms with Crippen LogP contribution in [0.2, 0.25) is 0 Å². The van der Waals surface area contributed by atoms with Crippen LogP contribution in [0.5, 0.6) is 0 Å². The molecule has 0 aliphatic carbocycles. The summed E-state index contributed by atoms with van der Waals surface area (Å²) in [7, 11) is 0. The fourth-order valence-corrected chi connectivity index (χ4v) is 5.38. The Labute approximate surface area is 147 Å². The zero-order valence-electron chi connectivity index (χ0n) is 14.5. The van der Waals surface area contributed by atoms with Gasteiger partial charge >= 0.3 is 6.03 Å². The van der Waals surface area contributed by atoms with Gasteiger partial charge in [0.2, 0.25) is 0 Å². The Kier molecular flexibility index (Phi) is 3.45. The fourth-order valence-electron chi connectivity index (χ4n) is 5.38. The van der Waals surface area contributed by atoms with Crippen LogP contribution in [0.1, 0.15) is 24.0 Å². The summed E-state index contributed by atoms with van der Waals surface area (Å²) in [6.07, 6.45) is 4.14. The summed E-state index contributed by atoms with van der Waals surface area (Å²) in [5.74, 6) is 1.32. The molecular formula is C20H24N4O. The summed E-state index contributed by atoms with van der Waals surface area (Å²) in [6.45, 7) is 4.81. The predicted octanol–water partition coefficient (Wildman–Crippen LogP) is 2.44. The second-order valence-electron chi connectivity index (χ2n) is 7.70. The van der Waals surface area contributed by atoms with E-state index in [0.29, 0.717) is 30.5 Å². The number of urea groups is 1. The first kappa shape index (κ1) is 15.1. The third-order valence-corrected chi connectivity index (χ3v) is 6.55. The van der Waals surface area contributed by atoms with Gasteiger partial charge in [0, 0.05) is 43.3 Å². The number of rotatable bonds is 2.